The Morgan fingerprint density at radius 2 is 1.80 bits per heavy atom. The first-order chi connectivity index (χ1) is 7.27. The van der Waals surface area contributed by atoms with E-state index in [0.717, 1.165) is 31.0 Å². The highest BCUT2D eigenvalue weighted by Crippen LogP contribution is 2.28. The highest BCUT2D eigenvalue weighted by atomic mass is 16.5. The van der Waals surface area contributed by atoms with Crippen LogP contribution in [0.1, 0.15) is 46.0 Å². The van der Waals surface area contributed by atoms with E-state index in [1.807, 2.05) is 0 Å². The summed E-state index contributed by atoms with van der Waals surface area (Å²) in [6.07, 6.45) is 7.21. The average molecular weight is 211 g/mol. The topological polar surface area (TPSA) is 21.3 Å². The van der Waals surface area contributed by atoms with Crippen molar-refractivity contribution in [2.45, 2.75) is 58.1 Å². The molecule has 0 aromatic carbocycles. The molecule has 3 atom stereocenters. The van der Waals surface area contributed by atoms with E-state index >= 15 is 0 Å². The van der Waals surface area contributed by atoms with Gasteiger partial charge in [0.2, 0.25) is 0 Å². The van der Waals surface area contributed by atoms with Crippen LogP contribution in [0.15, 0.2) is 0 Å². The van der Waals surface area contributed by atoms with Crippen molar-refractivity contribution < 1.29 is 4.74 Å². The van der Waals surface area contributed by atoms with E-state index in [4.69, 9.17) is 4.74 Å². The lowest BCUT2D eigenvalue weighted by Crippen LogP contribution is -2.45. The van der Waals surface area contributed by atoms with Gasteiger partial charge in [-0.25, -0.2) is 0 Å². The van der Waals surface area contributed by atoms with Gasteiger partial charge in [-0.1, -0.05) is 20.3 Å². The highest BCUT2D eigenvalue weighted by molar-refractivity contribution is 4.84. The third-order valence-electron chi connectivity index (χ3n) is 4.15. The number of hydrogen-bond acceptors (Lipinski definition) is 2. The van der Waals surface area contributed by atoms with E-state index in [-0.39, 0.29) is 0 Å². The molecular weight excluding hydrogens is 186 g/mol. The molecule has 0 amide bonds. The van der Waals surface area contributed by atoms with Gasteiger partial charge >= 0.3 is 0 Å². The van der Waals surface area contributed by atoms with E-state index in [0.29, 0.717) is 6.10 Å². The van der Waals surface area contributed by atoms with E-state index in [1.54, 1.807) is 0 Å². The molecule has 2 fully saturated rings. The van der Waals surface area contributed by atoms with Gasteiger partial charge in [0.15, 0.2) is 0 Å². The second-order valence-electron chi connectivity index (χ2n) is 5.45. The normalized spacial score (nSPS) is 38.4. The number of rotatable bonds is 3. The summed E-state index contributed by atoms with van der Waals surface area (Å²) < 4.78 is 5.65. The minimum atomic E-state index is 0.492. The maximum absolute atomic E-state index is 5.65. The van der Waals surface area contributed by atoms with Crippen LogP contribution in [0, 0.1) is 11.8 Å². The molecule has 1 heterocycles. The van der Waals surface area contributed by atoms with Crippen LogP contribution in [0.25, 0.3) is 0 Å². The van der Waals surface area contributed by atoms with Gasteiger partial charge in [-0.05, 0) is 37.5 Å². The van der Waals surface area contributed by atoms with Crippen molar-refractivity contribution in [3.8, 4) is 0 Å². The fraction of sp³-hybridized carbons (Fsp3) is 1.00. The molecule has 1 N–H and O–H groups in total. The summed E-state index contributed by atoms with van der Waals surface area (Å²) in [6.45, 7) is 6.83. The largest absolute Gasteiger partial charge is 0.377 e. The van der Waals surface area contributed by atoms with Gasteiger partial charge in [0, 0.05) is 19.2 Å². The summed E-state index contributed by atoms with van der Waals surface area (Å²) in [6, 6.07) is 0.725. The monoisotopic (exact) mass is 211 g/mol. The quantitative estimate of drug-likeness (QED) is 0.774. The van der Waals surface area contributed by atoms with Crippen molar-refractivity contribution >= 4 is 0 Å². The molecule has 2 aliphatic rings. The van der Waals surface area contributed by atoms with Crippen LogP contribution in [-0.4, -0.2) is 25.3 Å². The summed E-state index contributed by atoms with van der Waals surface area (Å²) in [7, 11) is 0. The predicted molar refractivity (Wildman–Crippen MR) is 62.9 cm³/mol. The van der Waals surface area contributed by atoms with E-state index in [9.17, 15) is 0 Å². The Morgan fingerprint density at radius 1 is 1.07 bits per heavy atom. The van der Waals surface area contributed by atoms with Gasteiger partial charge in [-0.15, -0.1) is 0 Å². The Morgan fingerprint density at radius 3 is 2.40 bits per heavy atom. The van der Waals surface area contributed by atoms with Crippen molar-refractivity contribution in [3.63, 3.8) is 0 Å². The molecule has 1 saturated heterocycles. The van der Waals surface area contributed by atoms with Crippen LogP contribution >= 0.6 is 0 Å². The third-order valence-corrected chi connectivity index (χ3v) is 4.15. The van der Waals surface area contributed by atoms with Crippen LogP contribution in [0.2, 0.25) is 0 Å². The van der Waals surface area contributed by atoms with Crippen LogP contribution < -0.4 is 5.32 Å². The lowest BCUT2D eigenvalue weighted by atomic mass is 9.78. The fourth-order valence-electron chi connectivity index (χ4n) is 3.16. The summed E-state index contributed by atoms with van der Waals surface area (Å²) in [5.41, 5.74) is 0. The lowest BCUT2D eigenvalue weighted by molar-refractivity contribution is 0.0968. The molecule has 0 spiro atoms. The van der Waals surface area contributed by atoms with Gasteiger partial charge in [-0.3, -0.25) is 0 Å². The van der Waals surface area contributed by atoms with Crippen LogP contribution in [0.5, 0.6) is 0 Å². The zero-order valence-corrected chi connectivity index (χ0v) is 10.2. The first-order valence-electron chi connectivity index (χ1n) is 6.62. The number of hydrogen-bond donors (Lipinski definition) is 1. The summed E-state index contributed by atoms with van der Waals surface area (Å²) in [4.78, 5) is 0. The summed E-state index contributed by atoms with van der Waals surface area (Å²) in [5.74, 6) is 1.69. The molecule has 0 bridgehead atoms. The van der Waals surface area contributed by atoms with Crippen LogP contribution in [-0.2, 0) is 4.74 Å². The fourth-order valence-corrected chi connectivity index (χ4v) is 3.16. The van der Waals surface area contributed by atoms with Crippen molar-refractivity contribution in [1.29, 1.82) is 0 Å². The predicted octanol–water partition coefficient (Wildman–Crippen LogP) is 2.58. The minimum absolute atomic E-state index is 0.492. The van der Waals surface area contributed by atoms with Gasteiger partial charge < -0.3 is 10.1 Å². The number of nitrogens with one attached hydrogen (secondary N) is 1. The first kappa shape index (κ1) is 11.4. The van der Waals surface area contributed by atoms with E-state index in [1.165, 1.54) is 32.1 Å². The van der Waals surface area contributed by atoms with Crippen molar-refractivity contribution in [2.75, 3.05) is 13.2 Å². The smallest absolute Gasteiger partial charge is 0.0700 e. The molecule has 15 heavy (non-hydrogen) atoms. The van der Waals surface area contributed by atoms with Crippen molar-refractivity contribution in [3.05, 3.63) is 0 Å². The molecule has 2 heteroatoms. The number of ether oxygens (including phenoxy) is 1. The van der Waals surface area contributed by atoms with E-state index in [2.05, 4.69) is 19.2 Å². The summed E-state index contributed by atoms with van der Waals surface area (Å²) in [5, 5.41) is 3.74. The lowest BCUT2D eigenvalue weighted by Gasteiger charge is -2.36. The molecule has 1 aliphatic heterocycles. The molecule has 0 aromatic heterocycles. The van der Waals surface area contributed by atoms with E-state index < -0.39 is 0 Å². The second-order valence-corrected chi connectivity index (χ2v) is 5.45. The Labute approximate surface area is 93.8 Å². The molecule has 0 aromatic rings. The van der Waals surface area contributed by atoms with Crippen LogP contribution in [0.3, 0.4) is 0 Å². The standard InChI is InChI=1S/C13H25NO/c1-10-5-3-6-11(2)13(10)14-9-12-7-4-8-15-12/h10-14H,3-9H2,1-2H3/t10-,11-,12-/m0/s1. The van der Waals surface area contributed by atoms with Gasteiger partial charge in [0.1, 0.15) is 0 Å². The Hall–Kier alpha value is -0.0800. The molecule has 2 nitrogen and oxygen atoms in total. The van der Waals surface area contributed by atoms with Gasteiger partial charge in [0.25, 0.3) is 0 Å². The summed E-state index contributed by atoms with van der Waals surface area (Å²) >= 11 is 0. The SMILES string of the molecule is C[C@H]1CCC[C@H](C)C1NC[C@@H]1CCCO1. The third kappa shape index (κ3) is 2.94. The highest BCUT2D eigenvalue weighted by Gasteiger charge is 2.28. The average Bonchev–Trinajstić information content (AvgIpc) is 2.70. The molecule has 1 saturated carbocycles. The maximum Gasteiger partial charge on any atom is 0.0700 e. The van der Waals surface area contributed by atoms with Crippen molar-refractivity contribution in [2.24, 2.45) is 11.8 Å². The maximum atomic E-state index is 5.65. The Kier molecular flexibility index (Phi) is 4.04. The molecule has 0 radical (unpaired) electrons. The first-order valence-corrected chi connectivity index (χ1v) is 6.62. The molecule has 2 rings (SSSR count). The molecule has 88 valence electrons. The second kappa shape index (κ2) is 5.31. The van der Waals surface area contributed by atoms with Crippen molar-refractivity contribution in [1.82, 2.24) is 5.32 Å². The van der Waals surface area contributed by atoms with Crippen LogP contribution in [0.4, 0.5) is 0 Å². The minimum Gasteiger partial charge on any atom is -0.377 e. The molecule has 1 aliphatic carbocycles. The Bertz CT molecular complexity index is 179. The van der Waals surface area contributed by atoms with Gasteiger partial charge in [-0.2, -0.15) is 0 Å². The molecule has 0 unspecified atom stereocenters. The van der Waals surface area contributed by atoms with Gasteiger partial charge in [0.05, 0.1) is 6.10 Å². The zero-order valence-electron chi connectivity index (χ0n) is 10.2. The zero-order chi connectivity index (χ0) is 10.7. The molecular formula is C13H25NO. The Balaban J connectivity index is 1.75.